The van der Waals surface area contributed by atoms with Crippen LogP contribution in [0, 0.1) is 13.8 Å². The number of carbonyl (C=O) groups excluding carboxylic acids is 1. The topological polar surface area (TPSA) is 103 Å². The summed E-state index contributed by atoms with van der Waals surface area (Å²) in [6, 6.07) is 12.4. The van der Waals surface area contributed by atoms with Gasteiger partial charge in [0.05, 0.1) is 17.5 Å². The number of aromatic nitrogens is 2. The van der Waals surface area contributed by atoms with Crippen LogP contribution in [0.3, 0.4) is 0 Å². The van der Waals surface area contributed by atoms with Crippen LogP contribution < -0.4 is 0 Å². The van der Waals surface area contributed by atoms with Crippen LogP contribution in [0.2, 0.25) is 0 Å². The first-order valence-corrected chi connectivity index (χ1v) is 12.1. The number of aromatic amines is 1. The first-order valence-electron chi connectivity index (χ1n) is 10.2. The van der Waals surface area contributed by atoms with E-state index >= 15 is 0 Å². The Kier molecular flexibility index (Phi) is 4.44. The molecule has 0 bridgehead atoms. The third-order valence-corrected chi connectivity index (χ3v) is 7.97. The summed E-state index contributed by atoms with van der Waals surface area (Å²) >= 11 is 0. The van der Waals surface area contributed by atoms with Crippen LogP contribution in [0.1, 0.15) is 45.2 Å². The summed E-state index contributed by atoms with van der Waals surface area (Å²) in [5, 5.41) is 18.1. The SMILES string of the molecule is Cc1cc(C)c(O)c(-c2n[nH]c3c2C(c2ccccc2)N(C2CCS(=O)(=O)C2)C3=O)c1. The molecule has 0 aliphatic carbocycles. The molecule has 3 heterocycles. The molecule has 2 unspecified atom stereocenters. The van der Waals surface area contributed by atoms with E-state index in [1.54, 1.807) is 4.90 Å². The van der Waals surface area contributed by atoms with Gasteiger partial charge >= 0.3 is 0 Å². The molecule has 1 amide bonds. The van der Waals surface area contributed by atoms with Crippen LogP contribution in [0.25, 0.3) is 11.3 Å². The number of hydrogen-bond donors (Lipinski definition) is 2. The monoisotopic (exact) mass is 437 g/mol. The molecule has 2 aliphatic heterocycles. The Hall–Kier alpha value is -3.13. The molecule has 2 aliphatic rings. The van der Waals surface area contributed by atoms with Gasteiger partial charge in [0.25, 0.3) is 5.91 Å². The summed E-state index contributed by atoms with van der Waals surface area (Å²) in [5.41, 5.74) is 4.69. The van der Waals surface area contributed by atoms with E-state index in [-0.39, 0.29) is 23.2 Å². The normalized spacial score (nSPS) is 22.1. The zero-order valence-corrected chi connectivity index (χ0v) is 18.1. The van der Waals surface area contributed by atoms with Gasteiger partial charge in [-0.2, -0.15) is 5.10 Å². The number of aromatic hydroxyl groups is 1. The van der Waals surface area contributed by atoms with E-state index < -0.39 is 21.9 Å². The Morgan fingerprint density at radius 1 is 1.16 bits per heavy atom. The van der Waals surface area contributed by atoms with Crippen molar-refractivity contribution in [3.05, 3.63) is 70.4 Å². The third-order valence-electron chi connectivity index (χ3n) is 6.22. The van der Waals surface area contributed by atoms with Crippen LogP contribution in [0.4, 0.5) is 0 Å². The van der Waals surface area contributed by atoms with Gasteiger partial charge in [-0.05, 0) is 43.0 Å². The van der Waals surface area contributed by atoms with Gasteiger partial charge in [-0.1, -0.05) is 36.4 Å². The molecule has 160 valence electrons. The highest BCUT2D eigenvalue weighted by Crippen LogP contribution is 2.46. The molecule has 1 fully saturated rings. The Bertz CT molecular complexity index is 1300. The Labute approximate surface area is 180 Å². The van der Waals surface area contributed by atoms with Gasteiger partial charge in [0.15, 0.2) is 9.84 Å². The zero-order chi connectivity index (χ0) is 21.9. The summed E-state index contributed by atoms with van der Waals surface area (Å²) < 4.78 is 24.4. The van der Waals surface area contributed by atoms with Crippen molar-refractivity contribution in [2.24, 2.45) is 0 Å². The molecule has 31 heavy (non-hydrogen) atoms. The number of amides is 1. The maximum atomic E-state index is 13.4. The molecular weight excluding hydrogens is 414 g/mol. The predicted octanol–water partition coefficient (Wildman–Crippen LogP) is 3.13. The maximum Gasteiger partial charge on any atom is 0.273 e. The third kappa shape index (κ3) is 3.13. The van der Waals surface area contributed by atoms with Crippen molar-refractivity contribution >= 4 is 15.7 Å². The molecule has 0 spiro atoms. The highest BCUT2D eigenvalue weighted by molar-refractivity contribution is 7.91. The van der Waals surface area contributed by atoms with Crippen molar-refractivity contribution in [2.45, 2.75) is 32.4 Å². The number of hydrogen-bond acceptors (Lipinski definition) is 5. The molecule has 1 aromatic heterocycles. The fourth-order valence-electron chi connectivity index (χ4n) is 4.85. The van der Waals surface area contributed by atoms with Crippen molar-refractivity contribution in [3.63, 3.8) is 0 Å². The Morgan fingerprint density at radius 3 is 2.58 bits per heavy atom. The highest BCUT2D eigenvalue weighted by atomic mass is 32.2. The van der Waals surface area contributed by atoms with Crippen molar-refractivity contribution in [2.75, 3.05) is 11.5 Å². The lowest BCUT2D eigenvalue weighted by Gasteiger charge is -2.31. The second kappa shape index (κ2) is 6.95. The number of aryl methyl sites for hydroxylation is 2. The number of H-pyrrole nitrogens is 1. The van der Waals surface area contributed by atoms with Crippen molar-refractivity contribution in [1.82, 2.24) is 15.1 Å². The number of nitrogens with one attached hydrogen (secondary N) is 1. The van der Waals surface area contributed by atoms with Crippen molar-refractivity contribution in [3.8, 4) is 17.0 Å². The second-order valence-corrected chi connectivity index (χ2v) is 10.7. The minimum Gasteiger partial charge on any atom is -0.507 e. The standard InChI is InChI=1S/C23H23N3O4S/c1-13-10-14(2)22(27)17(11-13)19-18-20(25-24-19)23(28)26(16-8-9-31(29,30)12-16)21(18)15-6-4-3-5-7-15/h3-7,10-11,16,21,27H,8-9,12H2,1-2H3,(H,24,25). The van der Waals surface area contributed by atoms with Gasteiger partial charge < -0.3 is 10.0 Å². The van der Waals surface area contributed by atoms with Gasteiger partial charge in [0.1, 0.15) is 17.1 Å². The minimum atomic E-state index is -3.17. The van der Waals surface area contributed by atoms with Gasteiger partial charge in [-0.15, -0.1) is 0 Å². The number of benzene rings is 2. The summed E-state index contributed by atoms with van der Waals surface area (Å²) in [5.74, 6) is -0.0846. The Morgan fingerprint density at radius 2 is 1.90 bits per heavy atom. The summed E-state index contributed by atoms with van der Waals surface area (Å²) in [4.78, 5) is 15.1. The lowest BCUT2D eigenvalue weighted by molar-refractivity contribution is 0.0678. The summed E-state index contributed by atoms with van der Waals surface area (Å²) in [6.07, 6.45) is 0.416. The lowest BCUT2D eigenvalue weighted by Crippen LogP contribution is -2.40. The van der Waals surface area contributed by atoms with E-state index in [1.807, 2.05) is 56.3 Å². The molecule has 2 N–H and O–H groups in total. The van der Waals surface area contributed by atoms with E-state index in [1.165, 1.54) is 0 Å². The second-order valence-electron chi connectivity index (χ2n) is 8.42. The molecule has 2 atom stereocenters. The summed E-state index contributed by atoms with van der Waals surface area (Å²) in [6.45, 7) is 3.77. The molecule has 3 aromatic rings. The maximum absolute atomic E-state index is 13.4. The number of phenolic OH excluding ortho intramolecular Hbond substituents is 1. The van der Waals surface area contributed by atoms with E-state index in [0.717, 1.165) is 16.7 Å². The first kappa shape index (κ1) is 19.8. The minimum absolute atomic E-state index is 0.0378. The first-order chi connectivity index (χ1) is 14.8. The van der Waals surface area contributed by atoms with Crippen LogP contribution in [0.15, 0.2) is 42.5 Å². The van der Waals surface area contributed by atoms with Crippen LogP contribution >= 0.6 is 0 Å². The van der Waals surface area contributed by atoms with Gasteiger partial charge in [-0.3, -0.25) is 9.89 Å². The van der Waals surface area contributed by atoms with E-state index in [0.29, 0.717) is 28.9 Å². The van der Waals surface area contributed by atoms with E-state index in [2.05, 4.69) is 10.2 Å². The summed E-state index contributed by atoms with van der Waals surface area (Å²) in [7, 11) is -3.17. The van der Waals surface area contributed by atoms with Gasteiger partial charge in [0.2, 0.25) is 0 Å². The average molecular weight is 438 g/mol. The van der Waals surface area contributed by atoms with E-state index in [4.69, 9.17) is 0 Å². The number of fused-ring (bicyclic) bond motifs is 1. The molecular formula is C23H23N3O4S. The molecule has 0 radical (unpaired) electrons. The van der Waals surface area contributed by atoms with Gasteiger partial charge in [0, 0.05) is 17.2 Å². The lowest BCUT2D eigenvalue weighted by atomic mass is 9.93. The predicted molar refractivity (Wildman–Crippen MR) is 117 cm³/mol. The molecule has 2 aromatic carbocycles. The zero-order valence-electron chi connectivity index (χ0n) is 17.3. The molecule has 7 nitrogen and oxygen atoms in total. The number of nitrogens with zero attached hydrogens (tertiary/aromatic N) is 2. The molecule has 0 saturated carbocycles. The van der Waals surface area contributed by atoms with E-state index in [9.17, 15) is 18.3 Å². The quantitative estimate of drug-likeness (QED) is 0.655. The number of sulfone groups is 1. The fraction of sp³-hybridized carbons (Fsp3) is 0.304. The van der Waals surface area contributed by atoms with Crippen LogP contribution in [-0.4, -0.2) is 52.1 Å². The average Bonchev–Trinajstić information content (AvgIpc) is 3.39. The number of rotatable bonds is 3. The van der Waals surface area contributed by atoms with Crippen LogP contribution in [-0.2, 0) is 9.84 Å². The van der Waals surface area contributed by atoms with Crippen molar-refractivity contribution in [1.29, 1.82) is 0 Å². The Balaban J connectivity index is 1.71. The largest absolute Gasteiger partial charge is 0.507 e. The molecule has 8 heteroatoms. The van der Waals surface area contributed by atoms with Crippen molar-refractivity contribution < 1.29 is 18.3 Å². The smallest absolute Gasteiger partial charge is 0.273 e. The van der Waals surface area contributed by atoms with Gasteiger partial charge in [-0.25, -0.2) is 8.42 Å². The molecule has 5 rings (SSSR count). The number of phenols is 1. The van der Waals surface area contributed by atoms with Crippen LogP contribution in [0.5, 0.6) is 5.75 Å². The fourth-order valence-corrected chi connectivity index (χ4v) is 6.56. The highest BCUT2D eigenvalue weighted by Gasteiger charge is 2.48. The number of carbonyl (C=O) groups is 1. The molecule has 1 saturated heterocycles.